The van der Waals surface area contributed by atoms with E-state index in [4.69, 9.17) is 5.73 Å². The third kappa shape index (κ3) is 4.39. The van der Waals surface area contributed by atoms with Crippen molar-refractivity contribution in [2.75, 3.05) is 4.90 Å². The predicted molar refractivity (Wildman–Crippen MR) is 108 cm³/mol. The van der Waals surface area contributed by atoms with Gasteiger partial charge in [0.1, 0.15) is 5.25 Å². The second kappa shape index (κ2) is 8.29. The summed E-state index contributed by atoms with van der Waals surface area (Å²) in [4.78, 5) is 26.0. The molecule has 0 radical (unpaired) electrons. The van der Waals surface area contributed by atoms with Crippen molar-refractivity contribution in [2.24, 2.45) is 15.9 Å². The lowest BCUT2D eigenvalue weighted by Gasteiger charge is -2.14. The number of nitrogens with two attached hydrogens (primary N) is 1. The smallest absolute Gasteiger partial charge is 0.247 e. The number of carbonyl (C=O) groups is 2. The lowest BCUT2D eigenvalue weighted by Crippen LogP contribution is -2.31. The van der Waals surface area contributed by atoms with Gasteiger partial charge in [-0.05, 0) is 29.8 Å². The summed E-state index contributed by atoms with van der Waals surface area (Å²) in [6.45, 7) is 0. The first-order valence-corrected chi connectivity index (χ1v) is 9.42. The fourth-order valence-corrected chi connectivity index (χ4v) is 3.50. The van der Waals surface area contributed by atoms with Gasteiger partial charge in [-0.2, -0.15) is 5.10 Å². The van der Waals surface area contributed by atoms with Crippen molar-refractivity contribution in [3.63, 3.8) is 0 Å². The number of hydrogen-bond acceptors (Lipinski definition) is 5. The minimum Gasteiger partial charge on any atom is -0.377 e. The van der Waals surface area contributed by atoms with E-state index in [2.05, 4.69) is 26.1 Å². The van der Waals surface area contributed by atoms with Gasteiger partial charge in [0.05, 0.1) is 11.9 Å². The number of imide groups is 1. The van der Waals surface area contributed by atoms with E-state index in [1.165, 1.54) is 4.90 Å². The summed E-state index contributed by atoms with van der Waals surface area (Å²) in [5, 5.41) is 7.35. The predicted octanol–water partition coefficient (Wildman–Crippen LogP) is 3.16. The van der Waals surface area contributed by atoms with Crippen LogP contribution in [0.15, 0.2) is 69.3 Å². The average Bonchev–Trinajstić information content (AvgIpc) is 2.90. The lowest BCUT2D eigenvalue weighted by atomic mass is 10.2. The van der Waals surface area contributed by atoms with Gasteiger partial charge in [0.15, 0.2) is 5.17 Å². The van der Waals surface area contributed by atoms with Crippen LogP contribution < -0.4 is 10.6 Å². The second-order valence-electron chi connectivity index (χ2n) is 5.45. The molecule has 0 unspecified atom stereocenters. The molecule has 2 aromatic carbocycles. The standard InChI is InChI=1S/C18H15BrN4O2S/c19-13-6-8-14(9-7-13)23-16(24)10-15(17(23)25)26-18(20)22-21-11-12-4-2-1-3-5-12/h1-9,11,15H,10H2,(H2,20,22)/b21-11-/t15-/m1/s1. The van der Waals surface area contributed by atoms with Crippen molar-refractivity contribution in [3.05, 3.63) is 64.6 Å². The first kappa shape index (κ1) is 18.3. The Morgan fingerprint density at radius 2 is 1.85 bits per heavy atom. The first-order valence-electron chi connectivity index (χ1n) is 7.75. The number of amidine groups is 1. The molecule has 0 saturated carbocycles. The molecule has 1 fully saturated rings. The number of nitrogens with zero attached hydrogens (tertiary/aromatic N) is 3. The van der Waals surface area contributed by atoms with Crippen LogP contribution in [0.3, 0.4) is 0 Å². The normalized spacial score (nSPS) is 18.1. The quantitative estimate of drug-likeness (QED) is 0.349. The molecule has 2 N–H and O–H groups in total. The topological polar surface area (TPSA) is 88.1 Å². The molecule has 6 nitrogen and oxygen atoms in total. The third-order valence-corrected chi connectivity index (χ3v) is 5.12. The van der Waals surface area contributed by atoms with Gasteiger partial charge in [0.25, 0.3) is 0 Å². The minimum absolute atomic E-state index is 0.0815. The van der Waals surface area contributed by atoms with E-state index in [1.54, 1.807) is 30.5 Å². The van der Waals surface area contributed by atoms with Gasteiger partial charge in [-0.15, -0.1) is 5.10 Å². The van der Waals surface area contributed by atoms with Crippen molar-refractivity contribution in [2.45, 2.75) is 11.7 Å². The fourth-order valence-electron chi connectivity index (χ4n) is 2.42. The van der Waals surface area contributed by atoms with Crippen molar-refractivity contribution in [3.8, 4) is 0 Å². The highest BCUT2D eigenvalue weighted by molar-refractivity contribution is 9.10. The van der Waals surface area contributed by atoms with E-state index in [-0.39, 0.29) is 23.4 Å². The van der Waals surface area contributed by atoms with Crippen LogP contribution in [0.4, 0.5) is 5.69 Å². The summed E-state index contributed by atoms with van der Waals surface area (Å²) in [6, 6.07) is 16.5. The van der Waals surface area contributed by atoms with Crippen LogP contribution >= 0.6 is 27.7 Å². The van der Waals surface area contributed by atoms with E-state index in [0.29, 0.717) is 5.69 Å². The molecular weight excluding hydrogens is 416 g/mol. The van der Waals surface area contributed by atoms with Crippen LogP contribution in [-0.2, 0) is 9.59 Å². The zero-order valence-corrected chi connectivity index (χ0v) is 16.0. The Kier molecular flexibility index (Phi) is 5.85. The molecule has 0 bridgehead atoms. The summed E-state index contributed by atoms with van der Waals surface area (Å²) < 4.78 is 0.874. The minimum atomic E-state index is -0.596. The maximum absolute atomic E-state index is 12.6. The number of anilines is 1. The molecule has 3 rings (SSSR count). The van der Waals surface area contributed by atoms with Crippen molar-refractivity contribution in [1.29, 1.82) is 0 Å². The Morgan fingerprint density at radius 1 is 1.15 bits per heavy atom. The van der Waals surface area contributed by atoms with Crippen LogP contribution in [0.1, 0.15) is 12.0 Å². The zero-order chi connectivity index (χ0) is 18.5. The molecular formula is C18H15BrN4O2S. The van der Waals surface area contributed by atoms with Gasteiger partial charge in [0.2, 0.25) is 11.8 Å². The molecule has 0 aromatic heterocycles. The molecule has 0 spiro atoms. The van der Waals surface area contributed by atoms with Crippen molar-refractivity contribution in [1.82, 2.24) is 0 Å². The molecule has 2 aromatic rings. The van der Waals surface area contributed by atoms with Gasteiger partial charge < -0.3 is 5.73 Å². The monoisotopic (exact) mass is 430 g/mol. The maximum atomic E-state index is 12.6. The average molecular weight is 431 g/mol. The van der Waals surface area contributed by atoms with E-state index < -0.39 is 5.25 Å². The molecule has 0 aliphatic carbocycles. The van der Waals surface area contributed by atoms with Gasteiger partial charge in [-0.25, -0.2) is 4.90 Å². The number of benzene rings is 2. The van der Waals surface area contributed by atoms with E-state index in [0.717, 1.165) is 21.8 Å². The molecule has 1 saturated heterocycles. The number of thioether (sulfide) groups is 1. The lowest BCUT2D eigenvalue weighted by molar-refractivity contribution is -0.121. The number of halogens is 1. The van der Waals surface area contributed by atoms with Crippen LogP contribution in [0.25, 0.3) is 0 Å². The second-order valence-corrected chi connectivity index (χ2v) is 7.59. The van der Waals surface area contributed by atoms with Gasteiger partial charge in [-0.1, -0.05) is 58.0 Å². The molecule has 1 aliphatic heterocycles. The highest BCUT2D eigenvalue weighted by Crippen LogP contribution is 2.30. The van der Waals surface area contributed by atoms with E-state index in [9.17, 15) is 9.59 Å². The molecule has 132 valence electrons. The molecule has 2 amide bonds. The highest BCUT2D eigenvalue weighted by Gasteiger charge is 2.40. The zero-order valence-electron chi connectivity index (χ0n) is 13.6. The number of hydrogen-bond donors (Lipinski definition) is 1. The van der Waals surface area contributed by atoms with Crippen LogP contribution in [0.2, 0.25) is 0 Å². The van der Waals surface area contributed by atoms with Crippen molar-refractivity contribution >= 4 is 56.6 Å². The Labute approximate surface area is 163 Å². The number of rotatable bonds is 4. The Morgan fingerprint density at radius 3 is 2.54 bits per heavy atom. The Hall–Kier alpha value is -2.45. The van der Waals surface area contributed by atoms with Gasteiger partial charge >= 0.3 is 0 Å². The van der Waals surface area contributed by atoms with Gasteiger partial charge in [-0.3, -0.25) is 9.59 Å². The summed E-state index contributed by atoms with van der Waals surface area (Å²) in [5.74, 6) is -0.553. The number of carbonyl (C=O) groups excluding carboxylic acids is 2. The summed E-state index contributed by atoms with van der Waals surface area (Å²) in [7, 11) is 0. The molecule has 1 heterocycles. The molecule has 8 heteroatoms. The summed E-state index contributed by atoms with van der Waals surface area (Å²) in [5.41, 5.74) is 7.28. The summed E-state index contributed by atoms with van der Waals surface area (Å²) >= 11 is 4.38. The third-order valence-electron chi connectivity index (χ3n) is 3.62. The van der Waals surface area contributed by atoms with E-state index in [1.807, 2.05) is 30.3 Å². The molecule has 26 heavy (non-hydrogen) atoms. The number of amides is 2. The van der Waals surface area contributed by atoms with Crippen LogP contribution in [-0.4, -0.2) is 28.4 Å². The van der Waals surface area contributed by atoms with Crippen molar-refractivity contribution < 1.29 is 9.59 Å². The Balaban J connectivity index is 1.66. The van der Waals surface area contributed by atoms with Gasteiger partial charge in [0, 0.05) is 10.9 Å². The summed E-state index contributed by atoms with van der Waals surface area (Å²) in [6.07, 6.45) is 1.65. The molecule has 1 aliphatic rings. The SMILES string of the molecule is NC(=N/N=C\c1ccccc1)S[C@@H]1CC(=O)N(c2ccc(Br)cc2)C1=O. The van der Waals surface area contributed by atoms with Crippen LogP contribution in [0, 0.1) is 0 Å². The Bertz CT molecular complexity index is 869. The molecule has 1 atom stereocenters. The highest BCUT2D eigenvalue weighted by atomic mass is 79.9. The largest absolute Gasteiger partial charge is 0.377 e. The maximum Gasteiger partial charge on any atom is 0.247 e. The first-order chi connectivity index (χ1) is 12.5. The van der Waals surface area contributed by atoms with E-state index >= 15 is 0 Å². The van der Waals surface area contributed by atoms with Crippen LogP contribution in [0.5, 0.6) is 0 Å². The fraction of sp³-hybridized carbons (Fsp3) is 0.111.